The van der Waals surface area contributed by atoms with E-state index in [0.717, 1.165) is 22.2 Å². The first kappa shape index (κ1) is 20.9. The molecule has 1 aromatic heterocycles. The van der Waals surface area contributed by atoms with E-state index in [0.29, 0.717) is 27.8 Å². The third kappa shape index (κ3) is 4.39. The van der Waals surface area contributed by atoms with Gasteiger partial charge in [0.25, 0.3) is 11.8 Å². The summed E-state index contributed by atoms with van der Waals surface area (Å²) < 4.78 is 0.695. The highest BCUT2D eigenvalue weighted by molar-refractivity contribution is 9.10. The molecule has 3 aromatic carbocycles. The average Bonchev–Trinajstić information content (AvgIpc) is 3.06. The van der Waals surface area contributed by atoms with Gasteiger partial charge in [-0.25, -0.2) is 0 Å². The van der Waals surface area contributed by atoms with Crippen molar-refractivity contribution >= 4 is 44.3 Å². The number of aryl methyl sites for hydroxylation is 2. The highest BCUT2D eigenvalue weighted by atomic mass is 79.9. The first-order valence-electron chi connectivity index (χ1n) is 9.95. The minimum atomic E-state index is -0.281. The molecule has 4 rings (SSSR count). The lowest BCUT2D eigenvalue weighted by Gasteiger charge is -2.12. The van der Waals surface area contributed by atoms with Gasteiger partial charge in [0.1, 0.15) is 0 Å². The smallest absolute Gasteiger partial charge is 0.256 e. The number of carbonyl (C=O) groups excluding carboxylic acids is 2. The van der Waals surface area contributed by atoms with Gasteiger partial charge in [0.05, 0.1) is 16.8 Å². The molecular formula is C25H22BrN3O2. The number of aromatic nitrogens is 1. The highest BCUT2D eigenvalue weighted by Gasteiger charge is 2.15. The predicted octanol–water partition coefficient (Wildman–Crippen LogP) is 5.73. The highest BCUT2D eigenvalue weighted by Crippen LogP contribution is 2.23. The molecule has 5 nitrogen and oxygen atoms in total. The number of hydrogen-bond donors (Lipinski definition) is 3. The molecule has 2 amide bonds. The molecule has 0 radical (unpaired) electrons. The molecule has 0 saturated heterocycles. The molecule has 0 spiro atoms. The third-order valence-electron chi connectivity index (χ3n) is 5.36. The fourth-order valence-electron chi connectivity index (χ4n) is 3.52. The standard InChI is InChI=1S/C25H22BrN3O2/c1-15-16(2)28-23-12-11-17(13-20(15)23)14-27-24(30)19-8-4-6-10-22(19)29-25(31)18-7-3-5-9-21(18)26/h3-13,28H,14H2,1-2H3,(H,27,30)(H,29,31). The SMILES string of the molecule is Cc1[nH]c2ccc(CNC(=O)c3ccccc3NC(=O)c3ccccc3Br)cc2c1C. The number of rotatable bonds is 5. The lowest BCUT2D eigenvalue weighted by Crippen LogP contribution is -2.25. The first-order valence-corrected chi connectivity index (χ1v) is 10.7. The molecule has 0 aliphatic carbocycles. The van der Waals surface area contributed by atoms with E-state index in [9.17, 15) is 9.59 Å². The van der Waals surface area contributed by atoms with Gasteiger partial charge in [-0.3, -0.25) is 9.59 Å². The number of aromatic amines is 1. The number of H-pyrrole nitrogens is 1. The molecule has 31 heavy (non-hydrogen) atoms. The summed E-state index contributed by atoms with van der Waals surface area (Å²) in [6.07, 6.45) is 0. The second-order valence-electron chi connectivity index (χ2n) is 7.42. The number of hydrogen-bond acceptors (Lipinski definition) is 2. The zero-order chi connectivity index (χ0) is 22.0. The number of anilines is 1. The van der Waals surface area contributed by atoms with E-state index in [1.54, 1.807) is 42.5 Å². The van der Waals surface area contributed by atoms with Crippen molar-refractivity contribution in [3.63, 3.8) is 0 Å². The van der Waals surface area contributed by atoms with Crippen LogP contribution in [0.15, 0.2) is 71.2 Å². The Labute approximate surface area is 189 Å². The Morgan fingerprint density at radius 1 is 0.903 bits per heavy atom. The van der Waals surface area contributed by atoms with Crippen molar-refractivity contribution in [1.82, 2.24) is 10.3 Å². The van der Waals surface area contributed by atoms with Crippen LogP contribution in [0.5, 0.6) is 0 Å². The summed E-state index contributed by atoms with van der Waals surface area (Å²) in [5.74, 6) is -0.526. The van der Waals surface area contributed by atoms with E-state index in [-0.39, 0.29) is 11.8 Å². The summed E-state index contributed by atoms with van der Waals surface area (Å²) >= 11 is 3.39. The molecule has 0 saturated carbocycles. The average molecular weight is 476 g/mol. The summed E-state index contributed by atoms with van der Waals surface area (Å²) in [6, 6.07) is 20.3. The van der Waals surface area contributed by atoms with E-state index in [4.69, 9.17) is 0 Å². The van der Waals surface area contributed by atoms with Crippen LogP contribution in [-0.2, 0) is 6.54 Å². The zero-order valence-corrected chi connectivity index (χ0v) is 18.8. The van der Waals surface area contributed by atoms with E-state index < -0.39 is 0 Å². The minimum Gasteiger partial charge on any atom is -0.358 e. The molecular weight excluding hydrogens is 454 g/mol. The second kappa shape index (κ2) is 8.78. The van der Waals surface area contributed by atoms with Gasteiger partial charge in [-0.05, 0) is 77.3 Å². The fourth-order valence-corrected chi connectivity index (χ4v) is 3.99. The molecule has 6 heteroatoms. The Bertz CT molecular complexity index is 1290. The number of carbonyl (C=O) groups is 2. The summed E-state index contributed by atoms with van der Waals surface area (Å²) in [5.41, 5.74) is 5.84. The molecule has 1 heterocycles. The fraction of sp³-hybridized carbons (Fsp3) is 0.120. The van der Waals surface area contributed by atoms with Gasteiger partial charge in [0.15, 0.2) is 0 Å². The van der Waals surface area contributed by atoms with Crippen LogP contribution in [0.4, 0.5) is 5.69 Å². The number of amides is 2. The zero-order valence-electron chi connectivity index (χ0n) is 17.3. The van der Waals surface area contributed by atoms with Crippen molar-refractivity contribution in [2.45, 2.75) is 20.4 Å². The van der Waals surface area contributed by atoms with Crippen LogP contribution < -0.4 is 10.6 Å². The van der Waals surface area contributed by atoms with E-state index in [2.05, 4.69) is 51.5 Å². The second-order valence-corrected chi connectivity index (χ2v) is 8.27. The summed E-state index contributed by atoms with van der Waals surface area (Å²) in [7, 11) is 0. The normalized spacial score (nSPS) is 10.8. The number of fused-ring (bicyclic) bond motifs is 1. The van der Waals surface area contributed by atoms with Gasteiger partial charge in [0, 0.05) is 27.6 Å². The maximum absolute atomic E-state index is 12.9. The van der Waals surface area contributed by atoms with Crippen molar-refractivity contribution in [3.8, 4) is 0 Å². The van der Waals surface area contributed by atoms with Gasteiger partial charge in [-0.15, -0.1) is 0 Å². The van der Waals surface area contributed by atoms with Gasteiger partial charge in [0.2, 0.25) is 0 Å². The Morgan fingerprint density at radius 3 is 2.39 bits per heavy atom. The van der Waals surface area contributed by atoms with Crippen molar-refractivity contribution in [1.29, 1.82) is 0 Å². The Hall–Kier alpha value is -3.38. The Balaban J connectivity index is 1.50. The van der Waals surface area contributed by atoms with Crippen molar-refractivity contribution in [3.05, 3.63) is 99.2 Å². The topological polar surface area (TPSA) is 74.0 Å². The lowest BCUT2D eigenvalue weighted by molar-refractivity contribution is 0.0952. The third-order valence-corrected chi connectivity index (χ3v) is 6.06. The minimum absolute atomic E-state index is 0.245. The molecule has 0 aliphatic rings. The lowest BCUT2D eigenvalue weighted by atomic mass is 10.1. The van der Waals surface area contributed by atoms with Gasteiger partial charge in [-0.1, -0.05) is 30.3 Å². The van der Waals surface area contributed by atoms with E-state index in [1.807, 2.05) is 18.2 Å². The molecule has 0 atom stereocenters. The van der Waals surface area contributed by atoms with Crippen molar-refractivity contribution in [2.24, 2.45) is 0 Å². The summed E-state index contributed by atoms with van der Waals surface area (Å²) in [4.78, 5) is 28.9. The molecule has 0 bridgehead atoms. The monoisotopic (exact) mass is 475 g/mol. The first-order chi connectivity index (χ1) is 14.9. The largest absolute Gasteiger partial charge is 0.358 e. The van der Waals surface area contributed by atoms with Crippen LogP contribution in [-0.4, -0.2) is 16.8 Å². The number of benzene rings is 3. The van der Waals surface area contributed by atoms with E-state index >= 15 is 0 Å². The Kier molecular flexibility index (Phi) is 5.91. The van der Waals surface area contributed by atoms with Crippen LogP contribution in [0, 0.1) is 13.8 Å². The summed E-state index contributed by atoms with van der Waals surface area (Å²) in [5, 5.41) is 6.97. The van der Waals surface area contributed by atoms with Gasteiger partial charge >= 0.3 is 0 Å². The van der Waals surface area contributed by atoms with E-state index in [1.165, 1.54) is 5.56 Å². The molecule has 4 aromatic rings. The molecule has 0 unspecified atom stereocenters. The van der Waals surface area contributed by atoms with Crippen molar-refractivity contribution < 1.29 is 9.59 Å². The Morgan fingerprint density at radius 2 is 1.61 bits per heavy atom. The van der Waals surface area contributed by atoms with Gasteiger partial charge in [-0.2, -0.15) is 0 Å². The maximum Gasteiger partial charge on any atom is 0.256 e. The number of para-hydroxylation sites is 1. The molecule has 3 N–H and O–H groups in total. The molecule has 0 fully saturated rings. The number of nitrogens with one attached hydrogen (secondary N) is 3. The van der Waals surface area contributed by atoms with Crippen LogP contribution in [0.3, 0.4) is 0 Å². The maximum atomic E-state index is 12.9. The molecule has 0 aliphatic heterocycles. The van der Waals surface area contributed by atoms with Gasteiger partial charge < -0.3 is 15.6 Å². The van der Waals surface area contributed by atoms with Crippen LogP contribution in [0.2, 0.25) is 0 Å². The van der Waals surface area contributed by atoms with Crippen LogP contribution >= 0.6 is 15.9 Å². The van der Waals surface area contributed by atoms with Crippen LogP contribution in [0.1, 0.15) is 37.5 Å². The summed E-state index contributed by atoms with van der Waals surface area (Å²) in [6.45, 7) is 4.53. The quantitative estimate of drug-likeness (QED) is 0.344. The molecule has 156 valence electrons. The predicted molar refractivity (Wildman–Crippen MR) is 127 cm³/mol. The number of halogens is 1. The van der Waals surface area contributed by atoms with Crippen molar-refractivity contribution in [2.75, 3.05) is 5.32 Å². The van der Waals surface area contributed by atoms with Crippen LogP contribution in [0.25, 0.3) is 10.9 Å².